The highest BCUT2D eigenvalue weighted by atomic mass is 35.5. The van der Waals surface area contributed by atoms with E-state index >= 15 is 0 Å². The molecule has 1 fully saturated rings. The summed E-state index contributed by atoms with van der Waals surface area (Å²) < 4.78 is 16.2. The number of hydrogen-bond donors (Lipinski definition) is 1. The first-order valence-electron chi connectivity index (χ1n) is 12.6. The molecule has 0 bridgehead atoms. The van der Waals surface area contributed by atoms with Crippen LogP contribution in [0.25, 0.3) is 0 Å². The quantitative estimate of drug-likeness (QED) is 0.363. The Morgan fingerprint density at radius 1 is 0.946 bits per heavy atom. The largest absolute Gasteiger partial charge is 0.497 e. The third-order valence-corrected chi connectivity index (χ3v) is 7.35. The Hall–Kier alpha value is -3.22. The number of hydrogen-bond acceptors (Lipinski definition) is 5. The first kappa shape index (κ1) is 26.8. The average molecular weight is 523 g/mol. The molecular formula is C30H35ClN2O4. The van der Waals surface area contributed by atoms with Crippen molar-refractivity contribution in [2.45, 2.75) is 18.8 Å². The summed E-state index contributed by atoms with van der Waals surface area (Å²) >= 11 is 6.05. The molecule has 0 aliphatic carbocycles. The van der Waals surface area contributed by atoms with Gasteiger partial charge in [0.2, 0.25) is 0 Å². The normalized spacial score (nSPS) is 17.4. The lowest BCUT2D eigenvalue weighted by atomic mass is 9.87. The van der Waals surface area contributed by atoms with Gasteiger partial charge in [0, 0.05) is 42.7 Å². The van der Waals surface area contributed by atoms with Crippen molar-refractivity contribution in [1.29, 1.82) is 0 Å². The molecule has 0 saturated carbocycles. The van der Waals surface area contributed by atoms with Crippen LogP contribution in [0.5, 0.6) is 17.2 Å². The van der Waals surface area contributed by atoms with E-state index in [1.807, 2.05) is 18.2 Å². The fraction of sp³-hybridized carbons (Fsp3) is 0.367. The summed E-state index contributed by atoms with van der Waals surface area (Å²) in [6, 6.07) is 21.5. The minimum absolute atomic E-state index is 0.0909. The Balaban J connectivity index is 1.40. The molecule has 0 unspecified atom stereocenters. The van der Waals surface area contributed by atoms with Gasteiger partial charge in [-0.25, -0.2) is 0 Å². The van der Waals surface area contributed by atoms with Crippen LogP contribution < -0.4 is 19.5 Å². The highest BCUT2D eigenvalue weighted by Crippen LogP contribution is 2.36. The van der Waals surface area contributed by atoms with E-state index in [1.54, 1.807) is 45.6 Å². The van der Waals surface area contributed by atoms with E-state index in [0.29, 0.717) is 29.0 Å². The Morgan fingerprint density at radius 2 is 1.73 bits per heavy atom. The van der Waals surface area contributed by atoms with Gasteiger partial charge in [0.25, 0.3) is 5.91 Å². The SMILES string of the molecule is COc1ccc([C@H]2CN(CCc3ccc(OC)c(OC)c3)C[C@@H]2CCNC(=O)c2cccc(Cl)c2)cc1. The van der Waals surface area contributed by atoms with E-state index in [-0.39, 0.29) is 5.91 Å². The molecular weight excluding hydrogens is 488 g/mol. The lowest BCUT2D eigenvalue weighted by Gasteiger charge is -2.19. The van der Waals surface area contributed by atoms with E-state index in [4.69, 9.17) is 25.8 Å². The van der Waals surface area contributed by atoms with Gasteiger partial charge in [0.05, 0.1) is 21.3 Å². The molecule has 37 heavy (non-hydrogen) atoms. The molecule has 6 nitrogen and oxygen atoms in total. The highest BCUT2D eigenvalue weighted by Gasteiger charge is 2.33. The lowest BCUT2D eigenvalue weighted by Crippen LogP contribution is -2.28. The molecule has 4 rings (SSSR count). The molecule has 196 valence electrons. The zero-order chi connectivity index (χ0) is 26.2. The van der Waals surface area contributed by atoms with Crippen LogP contribution in [0.1, 0.15) is 33.8 Å². The van der Waals surface area contributed by atoms with Gasteiger partial charge in [-0.3, -0.25) is 4.79 Å². The van der Waals surface area contributed by atoms with Crippen LogP contribution in [0.2, 0.25) is 5.02 Å². The van der Waals surface area contributed by atoms with Gasteiger partial charge in [0.1, 0.15) is 5.75 Å². The molecule has 7 heteroatoms. The van der Waals surface area contributed by atoms with Crippen molar-refractivity contribution in [3.63, 3.8) is 0 Å². The Bertz CT molecular complexity index is 1180. The van der Waals surface area contributed by atoms with Crippen molar-refractivity contribution < 1.29 is 19.0 Å². The summed E-state index contributed by atoms with van der Waals surface area (Å²) in [5.41, 5.74) is 3.11. The smallest absolute Gasteiger partial charge is 0.251 e. The summed E-state index contributed by atoms with van der Waals surface area (Å²) in [5, 5.41) is 3.64. The predicted octanol–water partition coefficient (Wildman–Crippen LogP) is 5.44. The van der Waals surface area contributed by atoms with Gasteiger partial charge < -0.3 is 24.4 Å². The molecule has 0 radical (unpaired) electrons. The summed E-state index contributed by atoms with van der Waals surface area (Å²) in [4.78, 5) is 15.1. The van der Waals surface area contributed by atoms with Gasteiger partial charge >= 0.3 is 0 Å². The van der Waals surface area contributed by atoms with Crippen molar-refractivity contribution in [1.82, 2.24) is 10.2 Å². The number of benzene rings is 3. The maximum atomic E-state index is 12.6. The number of carbonyl (C=O) groups excluding carboxylic acids is 1. The fourth-order valence-electron chi connectivity index (χ4n) is 5.09. The number of methoxy groups -OCH3 is 3. The van der Waals surface area contributed by atoms with Crippen LogP contribution >= 0.6 is 11.6 Å². The van der Waals surface area contributed by atoms with Gasteiger partial charge in [0.15, 0.2) is 11.5 Å². The van der Waals surface area contributed by atoms with Crippen molar-refractivity contribution in [2.24, 2.45) is 5.92 Å². The second-order valence-electron chi connectivity index (χ2n) is 9.39. The van der Waals surface area contributed by atoms with Crippen LogP contribution in [0.3, 0.4) is 0 Å². The summed E-state index contributed by atoms with van der Waals surface area (Å²) in [7, 11) is 5.00. The third-order valence-electron chi connectivity index (χ3n) is 7.11. The van der Waals surface area contributed by atoms with Gasteiger partial charge in [-0.1, -0.05) is 35.9 Å². The van der Waals surface area contributed by atoms with E-state index in [0.717, 1.165) is 49.7 Å². The molecule has 1 saturated heterocycles. The Morgan fingerprint density at radius 3 is 2.43 bits per heavy atom. The maximum Gasteiger partial charge on any atom is 0.251 e. The van der Waals surface area contributed by atoms with Crippen LogP contribution in [-0.2, 0) is 6.42 Å². The number of carbonyl (C=O) groups is 1. The van der Waals surface area contributed by atoms with Gasteiger partial charge in [-0.05, 0) is 72.4 Å². The topological polar surface area (TPSA) is 60.0 Å². The standard InChI is InChI=1S/C30H35ClN2O4/c1-35-26-10-8-22(9-11-26)27-20-33(16-14-21-7-12-28(36-2)29(17-21)37-3)19-24(27)13-15-32-30(34)23-5-4-6-25(31)18-23/h4-12,17-18,24,27H,13-16,19-20H2,1-3H3,(H,32,34)/t24-,27+/m0/s1. The fourth-order valence-corrected chi connectivity index (χ4v) is 5.28. The van der Waals surface area contributed by atoms with E-state index in [9.17, 15) is 4.79 Å². The molecule has 1 N–H and O–H groups in total. The highest BCUT2D eigenvalue weighted by molar-refractivity contribution is 6.30. The zero-order valence-electron chi connectivity index (χ0n) is 21.7. The zero-order valence-corrected chi connectivity index (χ0v) is 22.5. The number of ether oxygens (including phenoxy) is 3. The van der Waals surface area contributed by atoms with Crippen LogP contribution in [-0.4, -0.2) is 58.3 Å². The molecule has 3 aromatic rings. The molecule has 2 atom stereocenters. The van der Waals surface area contributed by atoms with E-state index in [2.05, 4.69) is 34.5 Å². The molecule has 0 spiro atoms. The van der Waals surface area contributed by atoms with Crippen LogP contribution in [0.4, 0.5) is 0 Å². The van der Waals surface area contributed by atoms with Gasteiger partial charge in [-0.2, -0.15) is 0 Å². The maximum absolute atomic E-state index is 12.6. The number of nitrogens with zero attached hydrogens (tertiary/aromatic N) is 1. The third kappa shape index (κ3) is 6.96. The second-order valence-corrected chi connectivity index (χ2v) is 9.83. The molecule has 1 amide bonds. The van der Waals surface area contributed by atoms with Crippen molar-refractivity contribution in [3.05, 3.63) is 88.4 Å². The monoisotopic (exact) mass is 522 g/mol. The Labute approximate surface area is 224 Å². The minimum atomic E-state index is -0.0909. The average Bonchev–Trinajstić information content (AvgIpc) is 3.34. The van der Waals surface area contributed by atoms with Crippen LogP contribution in [0.15, 0.2) is 66.7 Å². The number of likely N-dealkylation sites (tertiary alicyclic amines) is 1. The number of halogens is 1. The summed E-state index contributed by atoms with van der Waals surface area (Å²) in [6.45, 7) is 3.53. The molecule has 1 heterocycles. The van der Waals surface area contributed by atoms with Crippen LogP contribution in [0, 0.1) is 5.92 Å². The van der Waals surface area contributed by atoms with Crippen molar-refractivity contribution in [2.75, 3.05) is 47.5 Å². The van der Waals surface area contributed by atoms with Crippen molar-refractivity contribution >= 4 is 17.5 Å². The first-order valence-corrected chi connectivity index (χ1v) is 13.0. The Kier molecular flexibility index (Phi) is 9.31. The predicted molar refractivity (Wildman–Crippen MR) is 147 cm³/mol. The minimum Gasteiger partial charge on any atom is -0.497 e. The molecule has 0 aromatic heterocycles. The molecule has 3 aromatic carbocycles. The van der Waals surface area contributed by atoms with E-state index < -0.39 is 0 Å². The first-order chi connectivity index (χ1) is 18.0. The lowest BCUT2D eigenvalue weighted by molar-refractivity contribution is 0.0951. The number of nitrogens with one attached hydrogen (secondary N) is 1. The van der Waals surface area contributed by atoms with E-state index in [1.165, 1.54) is 11.1 Å². The van der Waals surface area contributed by atoms with Crippen molar-refractivity contribution in [3.8, 4) is 17.2 Å². The number of amides is 1. The molecule has 1 aliphatic rings. The summed E-state index contributed by atoms with van der Waals surface area (Å²) in [5.74, 6) is 3.08. The summed E-state index contributed by atoms with van der Waals surface area (Å²) in [6.07, 6.45) is 1.82. The number of rotatable bonds is 11. The second kappa shape index (κ2) is 12.8. The molecule has 1 aliphatic heterocycles. The van der Waals surface area contributed by atoms with Gasteiger partial charge in [-0.15, -0.1) is 0 Å².